The second-order valence-corrected chi connectivity index (χ2v) is 5.02. The summed E-state index contributed by atoms with van der Waals surface area (Å²) in [6.07, 6.45) is 1.81. The van der Waals surface area contributed by atoms with Gasteiger partial charge in [0.05, 0.1) is 23.0 Å². The highest BCUT2D eigenvalue weighted by Crippen LogP contribution is 2.25. The van der Waals surface area contributed by atoms with E-state index < -0.39 is 0 Å². The van der Waals surface area contributed by atoms with Gasteiger partial charge < -0.3 is 5.73 Å². The minimum atomic E-state index is 0.0158. The Balaban J connectivity index is 2.33. The number of para-hydroxylation sites is 1. The molecular formula is C14H11BrN4. The summed E-state index contributed by atoms with van der Waals surface area (Å²) in [5.41, 5.74) is 8.11. The molecule has 0 aliphatic heterocycles. The molecule has 19 heavy (non-hydrogen) atoms. The Hall–Kier alpha value is -2.14. The maximum Gasteiger partial charge on any atom is 0.126 e. The highest BCUT2D eigenvalue weighted by molar-refractivity contribution is 9.10. The number of benzene rings is 2. The fourth-order valence-electron chi connectivity index (χ4n) is 2.12. The average molecular weight is 315 g/mol. The molecule has 2 aromatic carbocycles. The Morgan fingerprint density at radius 2 is 1.95 bits per heavy atom. The van der Waals surface area contributed by atoms with Gasteiger partial charge in [0, 0.05) is 9.86 Å². The van der Waals surface area contributed by atoms with E-state index in [4.69, 9.17) is 11.1 Å². The molecule has 94 valence electrons. The minimum Gasteiger partial charge on any atom is -0.384 e. The first-order valence-corrected chi connectivity index (χ1v) is 6.54. The molecule has 0 unspecified atom stereocenters. The van der Waals surface area contributed by atoms with E-state index in [0.717, 1.165) is 21.1 Å². The van der Waals surface area contributed by atoms with Gasteiger partial charge in [0.2, 0.25) is 0 Å². The van der Waals surface area contributed by atoms with Crippen molar-refractivity contribution in [3.05, 3.63) is 58.7 Å². The summed E-state index contributed by atoms with van der Waals surface area (Å²) in [6, 6.07) is 13.6. The Labute approximate surface area is 118 Å². The number of nitrogens with zero attached hydrogens (tertiary/aromatic N) is 2. The second-order valence-electron chi connectivity index (χ2n) is 4.16. The molecular weight excluding hydrogens is 304 g/mol. The maximum atomic E-state index is 7.73. The maximum absolute atomic E-state index is 7.73. The molecule has 0 aliphatic carbocycles. The summed E-state index contributed by atoms with van der Waals surface area (Å²) in [6.45, 7) is 0. The van der Waals surface area contributed by atoms with E-state index in [1.165, 1.54) is 0 Å². The van der Waals surface area contributed by atoms with Gasteiger partial charge in [-0.25, -0.2) is 4.68 Å². The Kier molecular flexibility index (Phi) is 2.83. The lowest BCUT2D eigenvalue weighted by atomic mass is 10.1. The predicted molar refractivity (Wildman–Crippen MR) is 79.8 cm³/mol. The molecule has 0 amide bonds. The van der Waals surface area contributed by atoms with Gasteiger partial charge in [-0.05, 0) is 34.1 Å². The quantitative estimate of drug-likeness (QED) is 0.564. The van der Waals surface area contributed by atoms with Crippen LogP contribution in [0.4, 0.5) is 0 Å². The summed E-state index contributed by atoms with van der Waals surface area (Å²) in [5, 5.41) is 13.2. The lowest BCUT2D eigenvalue weighted by Gasteiger charge is -2.11. The molecule has 3 aromatic rings. The third-order valence-electron chi connectivity index (χ3n) is 2.97. The molecule has 3 N–H and O–H groups in total. The topological polar surface area (TPSA) is 67.7 Å². The van der Waals surface area contributed by atoms with Gasteiger partial charge in [0.15, 0.2) is 0 Å². The standard InChI is InChI=1S/C14H11BrN4/c15-10-5-3-7-12(13(10)14(16)17)19-11-6-2-1-4-9(11)8-18-19/h1-8H,(H3,16,17). The normalized spacial score (nSPS) is 10.8. The van der Waals surface area contributed by atoms with Crippen LogP contribution in [0.15, 0.2) is 53.1 Å². The smallest absolute Gasteiger partial charge is 0.126 e. The first-order valence-electron chi connectivity index (χ1n) is 5.74. The highest BCUT2D eigenvalue weighted by atomic mass is 79.9. The van der Waals surface area contributed by atoms with E-state index in [9.17, 15) is 0 Å². The van der Waals surface area contributed by atoms with Crippen LogP contribution in [0.2, 0.25) is 0 Å². The fraction of sp³-hybridized carbons (Fsp3) is 0. The van der Waals surface area contributed by atoms with Crippen LogP contribution in [-0.2, 0) is 0 Å². The van der Waals surface area contributed by atoms with E-state index in [2.05, 4.69) is 21.0 Å². The third-order valence-corrected chi connectivity index (χ3v) is 3.63. The molecule has 1 aromatic heterocycles. The van der Waals surface area contributed by atoms with E-state index in [-0.39, 0.29) is 5.84 Å². The van der Waals surface area contributed by atoms with Crippen LogP contribution in [0.3, 0.4) is 0 Å². The fourth-order valence-corrected chi connectivity index (χ4v) is 2.69. The molecule has 1 heterocycles. The molecule has 0 atom stereocenters. The average Bonchev–Trinajstić information content (AvgIpc) is 2.81. The lowest BCUT2D eigenvalue weighted by molar-refractivity contribution is 0.907. The predicted octanol–water partition coefficient (Wildman–Crippen LogP) is 3.07. The molecule has 0 fully saturated rings. The van der Waals surface area contributed by atoms with Gasteiger partial charge in [-0.1, -0.05) is 24.3 Å². The zero-order chi connectivity index (χ0) is 13.4. The number of nitrogens with two attached hydrogens (primary N) is 1. The van der Waals surface area contributed by atoms with Crippen LogP contribution in [0, 0.1) is 5.41 Å². The first-order chi connectivity index (χ1) is 9.18. The molecule has 0 saturated carbocycles. The van der Waals surface area contributed by atoms with Crippen molar-refractivity contribution in [2.75, 3.05) is 0 Å². The zero-order valence-electron chi connectivity index (χ0n) is 9.97. The molecule has 0 saturated heterocycles. The summed E-state index contributed by atoms with van der Waals surface area (Å²) >= 11 is 3.44. The van der Waals surface area contributed by atoms with Crippen molar-refractivity contribution in [3.8, 4) is 5.69 Å². The lowest BCUT2D eigenvalue weighted by Crippen LogP contribution is -2.16. The van der Waals surface area contributed by atoms with Crippen LogP contribution >= 0.6 is 15.9 Å². The molecule has 3 rings (SSSR count). The number of hydrogen-bond donors (Lipinski definition) is 2. The zero-order valence-corrected chi connectivity index (χ0v) is 11.6. The molecule has 0 spiro atoms. The van der Waals surface area contributed by atoms with Crippen molar-refractivity contribution in [2.45, 2.75) is 0 Å². The molecule has 4 nitrogen and oxygen atoms in total. The van der Waals surface area contributed by atoms with Gasteiger partial charge in [0.25, 0.3) is 0 Å². The second kappa shape index (κ2) is 4.51. The van der Waals surface area contributed by atoms with Crippen molar-refractivity contribution in [2.24, 2.45) is 5.73 Å². The van der Waals surface area contributed by atoms with Crippen LogP contribution in [0.5, 0.6) is 0 Å². The molecule has 0 radical (unpaired) electrons. The van der Waals surface area contributed by atoms with Crippen LogP contribution < -0.4 is 5.73 Å². The van der Waals surface area contributed by atoms with Crippen molar-refractivity contribution in [1.29, 1.82) is 5.41 Å². The summed E-state index contributed by atoms with van der Waals surface area (Å²) in [5.74, 6) is 0.0158. The number of fused-ring (bicyclic) bond motifs is 1. The third kappa shape index (κ3) is 1.92. The summed E-state index contributed by atoms with van der Waals surface area (Å²) < 4.78 is 2.59. The largest absolute Gasteiger partial charge is 0.384 e. The van der Waals surface area contributed by atoms with E-state index >= 15 is 0 Å². The number of hydrogen-bond acceptors (Lipinski definition) is 2. The Morgan fingerprint density at radius 1 is 1.16 bits per heavy atom. The number of aromatic nitrogens is 2. The highest BCUT2D eigenvalue weighted by Gasteiger charge is 2.13. The number of nitrogen functional groups attached to an aromatic ring is 1. The molecule has 0 bridgehead atoms. The summed E-state index contributed by atoms with van der Waals surface area (Å²) in [4.78, 5) is 0. The molecule has 0 aliphatic rings. The number of amidine groups is 1. The van der Waals surface area contributed by atoms with Crippen LogP contribution in [-0.4, -0.2) is 15.6 Å². The Morgan fingerprint density at radius 3 is 2.74 bits per heavy atom. The van der Waals surface area contributed by atoms with Crippen molar-refractivity contribution >= 4 is 32.7 Å². The number of nitrogens with one attached hydrogen (secondary N) is 1. The van der Waals surface area contributed by atoms with Gasteiger partial charge in [-0.3, -0.25) is 5.41 Å². The van der Waals surface area contributed by atoms with Gasteiger partial charge in [-0.15, -0.1) is 0 Å². The van der Waals surface area contributed by atoms with Crippen molar-refractivity contribution < 1.29 is 0 Å². The van der Waals surface area contributed by atoms with Gasteiger partial charge >= 0.3 is 0 Å². The SMILES string of the molecule is N=C(N)c1c(Br)cccc1-n1ncc2ccccc21. The van der Waals surface area contributed by atoms with Crippen molar-refractivity contribution in [1.82, 2.24) is 9.78 Å². The van der Waals surface area contributed by atoms with Crippen LogP contribution in [0.25, 0.3) is 16.6 Å². The monoisotopic (exact) mass is 314 g/mol. The minimum absolute atomic E-state index is 0.0158. The number of rotatable bonds is 2. The van der Waals surface area contributed by atoms with E-state index in [1.807, 2.05) is 42.5 Å². The van der Waals surface area contributed by atoms with Crippen LogP contribution in [0.1, 0.15) is 5.56 Å². The van der Waals surface area contributed by atoms with Crippen molar-refractivity contribution in [3.63, 3.8) is 0 Å². The number of halogens is 1. The first kappa shape index (κ1) is 11.9. The molecule has 5 heteroatoms. The van der Waals surface area contributed by atoms with E-state index in [0.29, 0.717) is 5.56 Å². The van der Waals surface area contributed by atoms with Gasteiger partial charge in [0.1, 0.15) is 5.84 Å². The van der Waals surface area contributed by atoms with E-state index in [1.54, 1.807) is 10.9 Å². The Bertz CT molecular complexity index is 776. The van der Waals surface area contributed by atoms with Gasteiger partial charge in [-0.2, -0.15) is 5.10 Å². The summed E-state index contributed by atoms with van der Waals surface area (Å²) in [7, 11) is 0.